The molecule has 1 unspecified atom stereocenters. The molecule has 0 amide bonds. The maximum atomic E-state index is 14.2. The molecular weight excluding hydrogens is 415 g/mol. The third-order valence-corrected chi connectivity index (χ3v) is 4.95. The molecule has 0 aliphatic carbocycles. The molecule has 0 saturated carbocycles. The van der Waals surface area contributed by atoms with Gasteiger partial charge in [0.15, 0.2) is 11.7 Å². The van der Waals surface area contributed by atoms with Crippen molar-refractivity contribution in [1.29, 1.82) is 0 Å². The average molecular weight is 435 g/mol. The lowest BCUT2D eigenvalue weighted by molar-refractivity contribution is -0.138. The number of rotatable bonds is 5. The summed E-state index contributed by atoms with van der Waals surface area (Å²) in [6.07, 6.45) is 3.47. The SMILES string of the molecule is CCOC(=O)C1=C(CBr)NC(c2nccn2C)=NC1c1cccc(F)c1C. The predicted octanol–water partition coefficient (Wildman–Crippen LogP) is 3.17. The van der Waals surface area contributed by atoms with Gasteiger partial charge in [0.25, 0.3) is 0 Å². The summed E-state index contributed by atoms with van der Waals surface area (Å²) in [6.45, 7) is 3.66. The minimum absolute atomic E-state index is 0.239. The molecule has 1 atom stereocenters. The van der Waals surface area contributed by atoms with Gasteiger partial charge < -0.3 is 14.6 Å². The number of aromatic nitrogens is 2. The maximum absolute atomic E-state index is 14.2. The summed E-state index contributed by atoms with van der Waals surface area (Å²) in [5, 5.41) is 3.56. The van der Waals surface area contributed by atoms with E-state index < -0.39 is 12.0 Å². The zero-order valence-electron chi connectivity index (χ0n) is 15.3. The Morgan fingerprint density at radius 1 is 1.44 bits per heavy atom. The molecule has 0 radical (unpaired) electrons. The van der Waals surface area contributed by atoms with E-state index in [1.807, 2.05) is 11.6 Å². The number of amidine groups is 1. The number of hydrogen-bond acceptors (Lipinski definition) is 5. The molecule has 27 heavy (non-hydrogen) atoms. The third kappa shape index (κ3) is 3.66. The lowest BCUT2D eigenvalue weighted by Crippen LogP contribution is -2.36. The number of benzene rings is 1. The second kappa shape index (κ2) is 8.04. The predicted molar refractivity (Wildman–Crippen MR) is 104 cm³/mol. The summed E-state index contributed by atoms with van der Waals surface area (Å²) in [6, 6.07) is 4.09. The fourth-order valence-electron chi connectivity index (χ4n) is 3.00. The van der Waals surface area contributed by atoms with Gasteiger partial charge >= 0.3 is 5.97 Å². The minimum Gasteiger partial charge on any atom is -0.463 e. The molecule has 6 nitrogen and oxygen atoms in total. The molecule has 1 aliphatic rings. The summed E-state index contributed by atoms with van der Waals surface area (Å²) in [5.41, 5.74) is 2.04. The fourth-order valence-corrected chi connectivity index (χ4v) is 3.45. The van der Waals surface area contributed by atoms with Gasteiger partial charge in [-0.2, -0.15) is 0 Å². The first-order valence-electron chi connectivity index (χ1n) is 8.51. The lowest BCUT2D eigenvalue weighted by atomic mass is 9.92. The Bertz CT molecular complexity index is 936. The van der Waals surface area contributed by atoms with Gasteiger partial charge in [0.1, 0.15) is 11.9 Å². The van der Waals surface area contributed by atoms with Crippen molar-refractivity contribution >= 4 is 27.7 Å². The van der Waals surface area contributed by atoms with Crippen molar-refractivity contribution in [2.24, 2.45) is 12.0 Å². The summed E-state index contributed by atoms with van der Waals surface area (Å²) < 4.78 is 21.3. The van der Waals surface area contributed by atoms with E-state index in [4.69, 9.17) is 9.73 Å². The van der Waals surface area contributed by atoms with Crippen LogP contribution in [0.1, 0.15) is 29.9 Å². The monoisotopic (exact) mass is 434 g/mol. The van der Waals surface area contributed by atoms with Crippen LogP contribution in [0.4, 0.5) is 4.39 Å². The number of aryl methyl sites for hydroxylation is 1. The molecule has 1 aromatic heterocycles. The van der Waals surface area contributed by atoms with Gasteiger partial charge in [-0.1, -0.05) is 28.1 Å². The largest absolute Gasteiger partial charge is 0.463 e. The van der Waals surface area contributed by atoms with E-state index in [-0.39, 0.29) is 12.4 Å². The van der Waals surface area contributed by atoms with Gasteiger partial charge in [-0.05, 0) is 31.0 Å². The molecule has 142 valence electrons. The Hall–Kier alpha value is -2.48. The Morgan fingerprint density at radius 3 is 2.85 bits per heavy atom. The first-order valence-corrected chi connectivity index (χ1v) is 9.63. The van der Waals surface area contributed by atoms with Crippen molar-refractivity contribution < 1.29 is 13.9 Å². The Balaban J connectivity index is 2.19. The van der Waals surface area contributed by atoms with Crippen LogP contribution in [-0.4, -0.2) is 33.3 Å². The number of ether oxygens (including phenoxy) is 1. The topological polar surface area (TPSA) is 68.5 Å². The van der Waals surface area contributed by atoms with Crippen molar-refractivity contribution in [2.75, 3.05) is 11.9 Å². The van der Waals surface area contributed by atoms with E-state index in [9.17, 15) is 9.18 Å². The number of esters is 1. The van der Waals surface area contributed by atoms with Gasteiger partial charge in [0.05, 0.1) is 12.2 Å². The smallest absolute Gasteiger partial charge is 0.338 e. The van der Waals surface area contributed by atoms with Crippen LogP contribution in [0.25, 0.3) is 0 Å². The van der Waals surface area contributed by atoms with Crippen LogP contribution in [0.2, 0.25) is 0 Å². The highest BCUT2D eigenvalue weighted by molar-refractivity contribution is 9.09. The first kappa shape index (κ1) is 19.3. The van der Waals surface area contributed by atoms with E-state index in [0.29, 0.717) is 39.4 Å². The van der Waals surface area contributed by atoms with Crippen molar-refractivity contribution in [3.63, 3.8) is 0 Å². The number of allylic oxidation sites excluding steroid dienone is 1. The molecule has 0 spiro atoms. The number of hydrogen-bond donors (Lipinski definition) is 1. The number of halogens is 2. The van der Waals surface area contributed by atoms with Crippen molar-refractivity contribution in [1.82, 2.24) is 14.9 Å². The molecule has 0 bridgehead atoms. The van der Waals surface area contributed by atoms with Gasteiger partial charge in [-0.3, -0.25) is 4.99 Å². The number of imidazole rings is 1. The standard InChI is InChI=1S/C19H20BrFN4O2/c1-4-27-19(26)15-14(10-20)23-17(18-22-8-9-25(18)3)24-16(15)12-6-5-7-13(21)11(12)2/h5-9,16H,4,10H2,1-3H3,(H,23,24). The second-order valence-electron chi connectivity index (χ2n) is 6.07. The fraction of sp³-hybridized carbons (Fsp3) is 0.316. The average Bonchev–Trinajstić information content (AvgIpc) is 3.09. The number of nitrogens with zero attached hydrogens (tertiary/aromatic N) is 3. The van der Waals surface area contributed by atoms with E-state index >= 15 is 0 Å². The number of aliphatic imine (C=N–C) groups is 1. The number of nitrogens with one attached hydrogen (secondary N) is 1. The van der Waals surface area contributed by atoms with Crippen molar-refractivity contribution in [2.45, 2.75) is 19.9 Å². The van der Waals surface area contributed by atoms with Crippen LogP contribution < -0.4 is 5.32 Å². The van der Waals surface area contributed by atoms with E-state index in [2.05, 4.69) is 26.2 Å². The van der Waals surface area contributed by atoms with Gasteiger partial charge in [-0.25, -0.2) is 14.2 Å². The zero-order valence-corrected chi connectivity index (χ0v) is 16.9. The maximum Gasteiger partial charge on any atom is 0.338 e. The molecule has 1 aromatic carbocycles. The van der Waals surface area contributed by atoms with Crippen LogP contribution in [0.3, 0.4) is 0 Å². The quantitative estimate of drug-likeness (QED) is 0.579. The second-order valence-corrected chi connectivity index (χ2v) is 6.63. The molecule has 0 saturated heterocycles. The van der Waals surface area contributed by atoms with E-state index in [1.54, 1.807) is 38.4 Å². The molecule has 0 fully saturated rings. The molecule has 1 aliphatic heterocycles. The highest BCUT2D eigenvalue weighted by atomic mass is 79.9. The number of carbonyl (C=O) groups excluding carboxylic acids is 1. The van der Waals surface area contributed by atoms with E-state index in [0.717, 1.165) is 0 Å². The summed E-state index contributed by atoms with van der Waals surface area (Å²) in [5.74, 6) is 0.313. The van der Waals surface area contributed by atoms with Crippen LogP contribution in [-0.2, 0) is 16.6 Å². The molecule has 2 heterocycles. The Labute approximate surface area is 165 Å². The molecule has 2 aromatic rings. The molecule has 8 heteroatoms. The van der Waals surface area contributed by atoms with Crippen molar-refractivity contribution in [3.8, 4) is 0 Å². The highest BCUT2D eigenvalue weighted by Crippen LogP contribution is 2.35. The van der Waals surface area contributed by atoms with Crippen LogP contribution >= 0.6 is 15.9 Å². The summed E-state index contributed by atoms with van der Waals surface area (Å²) in [7, 11) is 1.85. The zero-order chi connectivity index (χ0) is 19.6. The Kier molecular flexibility index (Phi) is 5.74. The van der Waals surface area contributed by atoms with Crippen LogP contribution in [0, 0.1) is 12.7 Å². The third-order valence-electron chi connectivity index (χ3n) is 4.39. The van der Waals surface area contributed by atoms with Gasteiger partial charge in [0, 0.05) is 30.5 Å². The number of carbonyl (C=O) groups is 1. The van der Waals surface area contributed by atoms with Gasteiger partial charge in [0.2, 0.25) is 0 Å². The summed E-state index contributed by atoms with van der Waals surface area (Å²) in [4.78, 5) is 21.7. The van der Waals surface area contributed by atoms with Crippen molar-refractivity contribution in [3.05, 3.63) is 64.6 Å². The van der Waals surface area contributed by atoms with Crippen LogP contribution in [0.5, 0.6) is 0 Å². The minimum atomic E-state index is -0.694. The molecular formula is C19H20BrFN4O2. The van der Waals surface area contributed by atoms with Gasteiger partial charge in [-0.15, -0.1) is 0 Å². The lowest BCUT2D eigenvalue weighted by Gasteiger charge is -2.27. The summed E-state index contributed by atoms with van der Waals surface area (Å²) >= 11 is 3.43. The molecule has 1 N–H and O–H groups in total. The molecule has 3 rings (SSSR count). The number of alkyl halides is 1. The van der Waals surface area contributed by atoms with E-state index in [1.165, 1.54) is 6.07 Å². The normalized spacial score (nSPS) is 16.8. The van der Waals surface area contributed by atoms with Crippen LogP contribution in [0.15, 0.2) is 46.9 Å². The Morgan fingerprint density at radius 2 is 2.22 bits per heavy atom. The highest BCUT2D eigenvalue weighted by Gasteiger charge is 2.33. The first-order chi connectivity index (χ1) is 13.0.